The molecule has 0 fully saturated rings. The van der Waals surface area contributed by atoms with E-state index in [1.807, 2.05) is 0 Å². The summed E-state index contributed by atoms with van der Waals surface area (Å²) in [4.78, 5) is 38.4. The van der Waals surface area contributed by atoms with E-state index in [1.165, 1.54) is 12.1 Å². The van der Waals surface area contributed by atoms with Gasteiger partial charge in [0.2, 0.25) is 0 Å². The fourth-order valence-corrected chi connectivity index (χ4v) is 2.80. The molecule has 0 bridgehead atoms. The number of carbonyl (C=O) groups excluding carboxylic acids is 2. The minimum absolute atomic E-state index is 0.0124. The number of amides is 2. The summed E-state index contributed by atoms with van der Waals surface area (Å²) >= 11 is 0. The summed E-state index contributed by atoms with van der Waals surface area (Å²) in [5, 5.41) is 11.0. The van der Waals surface area contributed by atoms with E-state index in [4.69, 9.17) is 0 Å². The Morgan fingerprint density at radius 1 is 1.04 bits per heavy atom. The number of rotatable bonds is 4. The molecule has 0 radical (unpaired) electrons. The Hall–Kier alpha value is -3.22. The van der Waals surface area contributed by atoms with Crippen molar-refractivity contribution in [1.29, 1.82) is 0 Å². The van der Waals surface area contributed by atoms with Gasteiger partial charge in [-0.15, -0.1) is 0 Å². The minimum Gasteiger partial charge on any atom is -0.377 e. The van der Waals surface area contributed by atoms with Gasteiger partial charge >= 0.3 is 0 Å². The van der Waals surface area contributed by atoms with Crippen LogP contribution >= 0.6 is 0 Å². The largest absolute Gasteiger partial charge is 0.377 e. The Balaban J connectivity index is 2.00. The van der Waals surface area contributed by atoms with Crippen LogP contribution in [0.5, 0.6) is 0 Å². The van der Waals surface area contributed by atoms with E-state index in [0.29, 0.717) is 16.7 Å². The molecule has 2 aromatic carbocycles. The third-order valence-electron chi connectivity index (χ3n) is 3.96. The van der Waals surface area contributed by atoms with Crippen molar-refractivity contribution in [3.8, 4) is 0 Å². The maximum atomic E-state index is 12.5. The number of non-ortho nitro benzene ring substituents is 1. The van der Waals surface area contributed by atoms with Gasteiger partial charge in [-0.3, -0.25) is 24.6 Å². The number of imide groups is 1. The predicted molar refractivity (Wildman–Crippen MR) is 88.1 cm³/mol. The van der Waals surface area contributed by atoms with Gasteiger partial charge < -0.3 is 4.90 Å². The molecule has 7 nitrogen and oxygen atoms in total. The lowest BCUT2D eigenvalue weighted by Crippen LogP contribution is -2.30. The molecule has 0 atom stereocenters. The molecule has 1 heterocycles. The smallest absolute Gasteiger partial charge is 0.269 e. The fourth-order valence-electron chi connectivity index (χ4n) is 2.80. The molecular weight excluding hydrogens is 310 g/mol. The number of benzene rings is 2. The molecule has 122 valence electrons. The molecule has 0 aliphatic carbocycles. The second-order valence-corrected chi connectivity index (χ2v) is 5.71. The summed E-state index contributed by atoms with van der Waals surface area (Å²) in [7, 11) is 3.60. The number of fused-ring (bicyclic) bond motifs is 1. The number of nitro benzene ring substituents is 1. The molecule has 7 heteroatoms. The molecule has 2 aromatic rings. The highest BCUT2D eigenvalue weighted by molar-refractivity contribution is 6.21. The normalized spacial score (nSPS) is 13.2. The molecule has 3 rings (SSSR count). The highest BCUT2D eigenvalue weighted by Crippen LogP contribution is 2.29. The van der Waals surface area contributed by atoms with E-state index < -0.39 is 4.92 Å². The lowest BCUT2D eigenvalue weighted by molar-refractivity contribution is -0.384. The number of carbonyl (C=O) groups is 2. The van der Waals surface area contributed by atoms with Gasteiger partial charge in [-0.1, -0.05) is 12.1 Å². The zero-order valence-corrected chi connectivity index (χ0v) is 13.2. The van der Waals surface area contributed by atoms with Crippen molar-refractivity contribution in [3.63, 3.8) is 0 Å². The Morgan fingerprint density at radius 2 is 1.62 bits per heavy atom. The van der Waals surface area contributed by atoms with Crippen LogP contribution in [0.2, 0.25) is 0 Å². The van der Waals surface area contributed by atoms with Crippen LogP contribution in [0.1, 0.15) is 26.3 Å². The molecule has 0 spiro atoms. The summed E-state index contributed by atoms with van der Waals surface area (Å²) < 4.78 is 0. The first-order valence-electron chi connectivity index (χ1n) is 7.30. The fraction of sp³-hybridized carbons (Fsp3) is 0.176. The standard InChI is InChI=1S/C17H15N3O4/c1-18(2)15-8-7-12(20(23)24)9-11(15)10-19-16(21)13-5-3-4-6-14(13)17(19)22/h3-9H,10H2,1-2H3. The van der Waals surface area contributed by atoms with Crippen LogP contribution in [0.15, 0.2) is 42.5 Å². The van der Waals surface area contributed by atoms with E-state index in [2.05, 4.69) is 0 Å². The molecular formula is C17H15N3O4. The lowest BCUT2D eigenvalue weighted by Gasteiger charge is -2.20. The van der Waals surface area contributed by atoms with Crippen LogP contribution in [-0.4, -0.2) is 35.7 Å². The van der Waals surface area contributed by atoms with Gasteiger partial charge in [0.1, 0.15) is 0 Å². The van der Waals surface area contributed by atoms with Gasteiger partial charge in [-0.25, -0.2) is 0 Å². The first-order valence-corrected chi connectivity index (χ1v) is 7.30. The van der Waals surface area contributed by atoms with Gasteiger partial charge in [-0.2, -0.15) is 0 Å². The molecule has 0 N–H and O–H groups in total. The zero-order chi connectivity index (χ0) is 17.4. The monoisotopic (exact) mass is 325 g/mol. The molecule has 24 heavy (non-hydrogen) atoms. The Morgan fingerprint density at radius 3 is 2.12 bits per heavy atom. The van der Waals surface area contributed by atoms with Crippen molar-refractivity contribution in [3.05, 3.63) is 69.3 Å². The van der Waals surface area contributed by atoms with Crippen molar-refractivity contribution in [1.82, 2.24) is 4.90 Å². The van der Waals surface area contributed by atoms with E-state index in [1.54, 1.807) is 49.3 Å². The van der Waals surface area contributed by atoms with E-state index >= 15 is 0 Å². The quantitative estimate of drug-likeness (QED) is 0.490. The van der Waals surface area contributed by atoms with Crippen LogP contribution in [0.25, 0.3) is 0 Å². The van der Waals surface area contributed by atoms with E-state index in [0.717, 1.165) is 10.6 Å². The third-order valence-corrected chi connectivity index (χ3v) is 3.96. The molecule has 1 aliphatic rings. The topological polar surface area (TPSA) is 83.8 Å². The third kappa shape index (κ3) is 2.50. The van der Waals surface area contributed by atoms with Gasteiger partial charge in [0.25, 0.3) is 17.5 Å². The maximum absolute atomic E-state index is 12.5. The van der Waals surface area contributed by atoms with Crippen LogP contribution in [0, 0.1) is 10.1 Å². The highest BCUT2D eigenvalue weighted by atomic mass is 16.6. The molecule has 0 unspecified atom stereocenters. The van der Waals surface area contributed by atoms with Gasteiger partial charge in [0, 0.05) is 37.5 Å². The van der Waals surface area contributed by atoms with Crippen LogP contribution in [0.4, 0.5) is 11.4 Å². The Kier molecular flexibility index (Phi) is 3.76. The average Bonchev–Trinajstić information content (AvgIpc) is 2.80. The van der Waals surface area contributed by atoms with Crippen molar-refractivity contribution < 1.29 is 14.5 Å². The van der Waals surface area contributed by atoms with Crippen LogP contribution in [0.3, 0.4) is 0 Å². The van der Waals surface area contributed by atoms with E-state index in [-0.39, 0.29) is 24.0 Å². The second kappa shape index (κ2) is 5.77. The number of anilines is 1. The molecule has 0 saturated carbocycles. The van der Waals surface area contributed by atoms with Crippen molar-refractivity contribution in [2.24, 2.45) is 0 Å². The highest BCUT2D eigenvalue weighted by Gasteiger charge is 2.35. The SMILES string of the molecule is CN(C)c1ccc([N+](=O)[O-])cc1CN1C(=O)c2ccccc2C1=O. The molecule has 0 saturated heterocycles. The molecule has 2 amide bonds. The van der Waals surface area contributed by atoms with Crippen LogP contribution < -0.4 is 4.90 Å². The maximum Gasteiger partial charge on any atom is 0.269 e. The Labute approximate surface area is 138 Å². The molecule has 1 aliphatic heterocycles. The summed E-state index contributed by atoms with van der Waals surface area (Å²) in [6.07, 6.45) is 0. The number of nitro groups is 1. The predicted octanol–water partition coefficient (Wildman–Crippen LogP) is 2.46. The average molecular weight is 325 g/mol. The van der Waals surface area contributed by atoms with Gasteiger partial charge in [0.05, 0.1) is 22.6 Å². The van der Waals surface area contributed by atoms with Crippen LogP contribution in [-0.2, 0) is 6.54 Å². The zero-order valence-electron chi connectivity index (χ0n) is 13.2. The molecule has 0 aromatic heterocycles. The van der Waals surface area contributed by atoms with Crippen molar-refractivity contribution >= 4 is 23.2 Å². The van der Waals surface area contributed by atoms with Crippen molar-refractivity contribution in [2.75, 3.05) is 19.0 Å². The first kappa shape index (κ1) is 15.7. The number of hydrogen-bond donors (Lipinski definition) is 0. The second-order valence-electron chi connectivity index (χ2n) is 5.71. The summed E-state index contributed by atoms with van der Waals surface area (Å²) in [6, 6.07) is 11.0. The van der Waals surface area contributed by atoms with Gasteiger partial charge in [0.15, 0.2) is 0 Å². The number of hydrogen-bond acceptors (Lipinski definition) is 5. The Bertz CT molecular complexity index is 826. The summed E-state index contributed by atoms with van der Waals surface area (Å²) in [5.41, 5.74) is 1.91. The van der Waals surface area contributed by atoms with Gasteiger partial charge in [-0.05, 0) is 18.2 Å². The number of nitrogens with zero attached hydrogens (tertiary/aromatic N) is 3. The van der Waals surface area contributed by atoms with E-state index in [9.17, 15) is 19.7 Å². The summed E-state index contributed by atoms with van der Waals surface area (Å²) in [5.74, 6) is -0.765. The minimum atomic E-state index is -0.495. The summed E-state index contributed by atoms with van der Waals surface area (Å²) in [6.45, 7) is -0.0124. The first-order chi connectivity index (χ1) is 11.4. The van der Waals surface area contributed by atoms with Crippen molar-refractivity contribution in [2.45, 2.75) is 6.54 Å². The lowest BCUT2D eigenvalue weighted by atomic mass is 10.1.